The molecule has 0 aliphatic carbocycles. The van der Waals surface area contributed by atoms with Crippen LogP contribution in [0.4, 0.5) is 5.69 Å². The number of hydrogen-bond donors (Lipinski definition) is 1. The molecule has 1 N–H and O–H groups in total. The second-order valence-corrected chi connectivity index (χ2v) is 10.5. The molecule has 0 bridgehead atoms. The Morgan fingerprint density at radius 2 is 1.65 bits per heavy atom. The molecule has 0 aromatic heterocycles. The van der Waals surface area contributed by atoms with Crippen molar-refractivity contribution in [3.63, 3.8) is 0 Å². The van der Waals surface area contributed by atoms with Crippen molar-refractivity contribution in [2.24, 2.45) is 0 Å². The van der Waals surface area contributed by atoms with E-state index >= 15 is 0 Å². The van der Waals surface area contributed by atoms with Gasteiger partial charge in [0.15, 0.2) is 0 Å². The minimum atomic E-state index is -3.59. The van der Waals surface area contributed by atoms with Gasteiger partial charge in [-0.15, -0.1) is 0 Å². The minimum Gasteiger partial charge on any atom is -0.350 e. The van der Waals surface area contributed by atoms with Crippen molar-refractivity contribution in [1.29, 1.82) is 0 Å². The van der Waals surface area contributed by atoms with Gasteiger partial charge in [0.2, 0.25) is 15.9 Å². The van der Waals surface area contributed by atoms with Gasteiger partial charge in [-0.1, -0.05) is 36.8 Å². The predicted molar refractivity (Wildman–Crippen MR) is 126 cm³/mol. The number of anilines is 1. The number of carbonyl (C=O) groups is 1. The molecule has 6 nitrogen and oxygen atoms in total. The van der Waals surface area contributed by atoms with Crippen LogP contribution < -0.4 is 9.62 Å². The molecule has 1 aliphatic heterocycles. The molecule has 31 heavy (non-hydrogen) atoms. The Morgan fingerprint density at radius 3 is 2.29 bits per heavy atom. The Labute approximate surface area is 186 Å². The minimum absolute atomic E-state index is 0.241. The second kappa shape index (κ2) is 10.3. The third-order valence-corrected chi connectivity index (χ3v) is 6.66. The van der Waals surface area contributed by atoms with E-state index in [0.29, 0.717) is 12.2 Å². The van der Waals surface area contributed by atoms with Crippen molar-refractivity contribution in [1.82, 2.24) is 10.2 Å². The van der Waals surface area contributed by atoms with Crippen LogP contribution in [-0.4, -0.2) is 45.1 Å². The fourth-order valence-corrected chi connectivity index (χ4v) is 4.94. The number of nitrogens with zero attached hydrogens (tertiary/aromatic N) is 2. The maximum Gasteiger partial charge on any atom is 0.241 e. The zero-order chi connectivity index (χ0) is 22.4. The molecule has 0 unspecified atom stereocenters. The molecule has 168 valence electrons. The third-order valence-electron chi connectivity index (χ3n) is 5.52. The summed E-state index contributed by atoms with van der Waals surface area (Å²) < 4.78 is 25.8. The number of nitrogens with one attached hydrogen (secondary N) is 1. The standard InChI is InChI=1S/C24H33N3O3S/c1-19-12-20(2)14-23(13-19)27(31(3,29)30)18-24(28)25-16-21-8-7-9-22(15-21)17-26-10-5-4-6-11-26/h7-9,12-15H,4-6,10-11,16-18H2,1-3H3,(H,25,28). The van der Waals surface area contributed by atoms with E-state index in [4.69, 9.17) is 0 Å². The summed E-state index contributed by atoms with van der Waals surface area (Å²) in [6.45, 7) is 7.16. The molecule has 0 saturated carbocycles. The fourth-order valence-electron chi connectivity index (χ4n) is 4.10. The monoisotopic (exact) mass is 443 g/mol. The Kier molecular flexibility index (Phi) is 7.73. The highest BCUT2D eigenvalue weighted by Crippen LogP contribution is 2.21. The maximum atomic E-state index is 12.6. The molecule has 2 aromatic carbocycles. The summed E-state index contributed by atoms with van der Waals surface area (Å²) in [6.07, 6.45) is 4.96. The topological polar surface area (TPSA) is 69.7 Å². The Bertz CT molecular complexity index is 994. The summed E-state index contributed by atoms with van der Waals surface area (Å²) in [7, 11) is -3.59. The molecule has 0 spiro atoms. The van der Waals surface area contributed by atoms with Crippen LogP contribution in [0.25, 0.3) is 0 Å². The first-order chi connectivity index (χ1) is 14.7. The molecule has 0 atom stereocenters. The Morgan fingerprint density at radius 1 is 1.00 bits per heavy atom. The number of sulfonamides is 1. The van der Waals surface area contributed by atoms with Crippen LogP contribution in [0.5, 0.6) is 0 Å². The molecule has 7 heteroatoms. The summed E-state index contributed by atoms with van der Waals surface area (Å²) in [5.41, 5.74) is 4.67. The fraction of sp³-hybridized carbons (Fsp3) is 0.458. The van der Waals surface area contributed by atoms with Gasteiger partial charge in [-0.2, -0.15) is 0 Å². The average Bonchev–Trinajstić information content (AvgIpc) is 2.70. The van der Waals surface area contributed by atoms with Gasteiger partial charge in [0.1, 0.15) is 6.54 Å². The molecule has 1 heterocycles. The first-order valence-corrected chi connectivity index (χ1v) is 12.7. The van der Waals surface area contributed by atoms with Crippen molar-refractivity contribution in [2.75, 3.05) is 30.2 Å². The molecule has 1 amide bonds. The number of hydrogen-bond acceptors (Lipinski definition) is 4. The van der Waals surface area contributed by atoms with Crippen LogP contribution in [0.2, 0.25) is 0 Å². The number of rotatable bonds is 8. The number of amides is 1. The van der Waals surface area contributed by atoms with Gasteiger partial charge in [0.05, 0.1) is 11.9 Å². The molecule has 0 radical (unpaired) electrons. The normalized spacial score (nSPS) is 14.9. The van der Waals surface area contributed by atoms with Gasteiger partial charge in [-0.05, 0) is 74.2 Å². The van der Waals surface area contributed by atoms with Crippen molar-refractivity contribution in [2.45, 2.75) is 46.2 Å². The van der Waals surface area contributed by atoms with Crippen molar-refractivity contribution >= 4 is 21.6 Å². The van der Waals surface area contributed by atoms with Gasteiger partial charge < -0.3 is 5.32 Å². The number of piperidine rings is 1. The number of likely N-dealkylation sites (tertiary alicyclic amines) is 1. The van der Waals surface area contributed by atoms with Crippen LogP contribution in [-0.2, 0) is 27.9 Å². The number of carbonyl (C=O) groups excluding carboxylic acids is 1. The van der Waals surface area contributed by atoms with Crippen LogP contribution >= 0.6 is 0 Å². The average molecular weight is 444 g/mol. The lowest BCUT2D eigenvalue weighted by Gasteiger charge is -2.26. The summed E-state index contributed by atoms with van der Waals surface area (Å²) in [5, 5.41) is 2.87. The third kappa shape index (κ3) is 7.08. The first kappa shape index (κ1) is 23.3. The molecular weight excluding hydrogens is 410 g/mol. The van der Waals surface area contributed by atoms with Gasteiger partial charge in [0.25, 0.3) is 0 Å². The highest BCUT2D eigenvalue weighted by atomic mass is 32.2. The van der Waals surface area contributed by atoms with Gasteiger partial charge in [0, 0.05) is 13.1 Å². The van der Waals surface area contributed by atoms with Crippen molar-refractivity contribution in [3.8, 4) is 0 Å². The highest BCUT2D eigenvalue weighted by molar-refractivity contribution is 7.92. The zero-order valence-electron chi connectivity index (χ0n) is 18.7. The van der Waals surface area contributed by atoms with E-state index in [-0.39, 0.29) is 12.5 Å². The molecule has 1 fully saturated rings. The van der Waals surface area contributed by atoms with E-state index in [0.717, 1.165) is 46.9 Å². The first-order valence-electron chi connectivity index (χ1n) is 10.8. The summed E-state index contributed by atoms with van der Waals surface area (Å²) in [6, 6.07) is 13.8. The molecule has 1 saturated heterocycles. The van der Waals surface area contributed by atoms with Crippen LogP contribution in [0, 0.1) is 13.8 Å². The quantitative estimate of drug-likeness (QED) is 0.679. The Balaban J connectivity index is 1.62. The lowest BCUT2D eigenvalue weighted by molar-refractivity contribution is -0.119. The summed E-state index contributed by atoms with van der Waals surface area (Å²) in [5.74, 6) is -0.328. The second-order valence-electron chi connectivity index (χ2n) is 8.55. The van der Waals surface area contributed by atoms with E-state index in [1.165, 1.54) is 24.8 Å². The van der Waals surface area contributed by atoms with Crippen molar-refractivity contribution < 1.29 is 13.2 Å². The van der Waals surface area contributed by atoms with Gasteiger partial charge in [-0.3, -0.25) is 14.0 Å². The highest BCUT2D eigenvalue weighted by Gasteiger charge is 2.21. The molecular formula is C24H33N3O3S. The number of aryl methyl sites for hydroxylation is 2. The van der Waals surface area contributed by atoms with E-state index < -0.39 is 10.0 Å². The largest absolute Gasteiger partial charge is 0.350 e. The SMILES string of the molecule is Cc1cc(C)cc(N(CC(=O)NCc2cccc(CN3CCCCC3)c2)S(C)(=O)=O)c1. The molecule has 2 aromatic rings. The maximum absolute atomic E-state index is 12.6. The van der Waals surface area contributed by atoms with Crippen LogP contribution in [0.3, 0.4) is 0 Å². The Hall–Kier alpha value is -2.38. The molecule has 1 aliphatic rings. The predicted octanol–water partition coefficient (Wildman–Crippen LogP) is 3.37. The van der Waals surface area contributed by atoms with E-state index in [9.17, 15) is 13.2 Å². The van der Waals surface area contributed by atoms with Crippen LogP contribution in [0.15, 0.2) is 42.5 Å². The van der Waals surface area contributed by atoms with Gasteiger partial charge in [-0.25, -0.2) is 8.42 Å². The van der Waals surface area contributed by atoms with E-state index in [2.05, 4.69) is 22.3 Å². The lowest BCUT2D eigenvalue weighted by atomic mass is 10.1. The number of benzene rings is 2. The smallest absolute Gasteiger partial charge is 0.241 e. The summed E-state index contributed by atoms with van der Waals surface area (Å²) in [4.78, 5) is 15.1. The van der Waals surface area contributed by atoms with Crippen LogP contribution in [0.1, 0.15) is 41.5 Å². The lowest BCUT2D eigenvalue weighted by Crippen LogP contribution is -2.40. The van der Waals surface area contributed by atoms with E-state index in [1.807, 2.05) is 32.0 Å². The van der Waals surface area contributed by atoms with Crippen molar-refractivity contribution in [3.05, 3.63) is 64.7 Å². The summed E-state index contributed by atoms with van der Waals surface area (Å²) >= 11 is 0. The van der Waals surface area contributed by atoms with E-state index in [1.54, 1.807) is 12.1 Å². The zero-order valence-corrected chi connectivity index (χ0v) is 19.5. The van der Waals surface area contributed by atoms with Gasteiger partial charge >= 0.3 is 0 Å². The molecule has 3 rings (SSSR count).